The number of nitrogen functional groups attached to an aromatic ring is 1. The number of aromatic nitrogens is 2. The summed E-state index contributed by atoms with van der Waals surface area (Å²) in [6.45, 7) is 0. The molecule has 2 aromatic heterocycles. The first-order chi connectivity index (χ1) is 19.1. The maximum Gasteiger partial charge on any atom is 1.00 e. The minimum absolute atomic E-state index is 0. The maximum atomic E-state index is 13.0. The fraction of sp³-hybridized carbons (Fsp3) is 0.227. The molecule has 0 saturated carbocycles. The van der Waals surface area contributed by atoms with E-state index in [-0.39, 0.29) is 80.0 Å². The third-order valence-corrected chi connectivity index (χ3v) is 10.0. The van der Waals surface area contributed by atoms with Gasteiger partial charge < -0.3 is 36.0 Å². The molecule has 0 bridgehead atoms. The molecule has 3 aromatic rings. The summed E-state index contributed by atoms with van der Waals surface area (Å²) < 4.78 is 4.91. The number of β-lactam (4-membered cyclic amide) rings is 1. The monoisotopic (exact) mass is 644 g/mol. The number of carbonyl (C=O) groups excluding carboxylic acids is 3. The van der Waals surface area contributed by atoms with Gasteiger partial charge in [0, 0.05) is 45.3 Å². The second kappa shape index (κ2) is 12.6. The zero-order valence-electron chi connectivity index (χ0n) is 21.1. The zero-order chi connectivity index (χ0) is 28.7. The summed E-state index contributed by atoms with van der Waals surface area (Å²) in [7, 11) is 1.22. The molecule has 208 valence electrons. The van der Waals surface area contributed by atoms with Gasteiger partial charge >= 0.3 is 29.6 Å². The van der Waals surface area contributed by atoms with Gasteiger partial charge in [-0.15, -0.1) is 34.9 Å². The van der Waals surface area contributed by atoms with Gasteiger partial charge in [-0.2, -0.15) is 9.36 Å². The van der Waals surface area contributed by atoms with Crippen molar-refractivity contribution in [3.05, 3.63) is 45.5 Å². The number of phenols is 2. The summed E-state index contributed by atoms with van der Waals surface area (Å²) in [5.74, 6) is -3.50. The number of thioether (sulfide) groups is 2. The van der Waals surface area contributed by atoms with E-state index in [0.717, 1.165) is 16.4 Å². The average Bonchev–Trinajstić information content (AvgIpc) is 3.35. The SMILES string of the molecule is CO/N=C(\C(=O)N[C@@H]1C(=O)N2C(C(=O)[O-])=C(CSc3cc(=O)c4cc(O)c(O)cc4s3)CS[C@@H]12)c1nsc(N)n1.[Na+]. The normalized spacial score (nSPS) is 18.4. The van der Waals surface area contributed by atoms with Gasteiger partial charge in [-0.05, 0) is 11.6 Å². The van der Waals surface area contributed by atoms with E-state index in [9.17, 15) is 34.5 Å². The molecule has 0 spiro atoms. The van der Waals surface area contributed by atoms with E-state index in [1.165, 1.54) is 60.2 Å². The van der Waals surface area contributed by atoms with Gasteiger partial charge in [0.25, 0.3) is 11.8 Å². The molecular formula is C22H17N6NaO8S4. The fourth-order valence-corrected chi connectivity index (χ4v) is 8.15. The van der Waals surface area contributed by atoms with Crippen LogP contribution in [0.2, 0.25) is 0 Å². The number of nitrogens with two attached hydrogens (primary N) is 1. The van der Waals surface area contributed by atoms with E-state index in [4.69, 9.17) is 10.6 Å². The van der Waals surface area contributed by atoms with Gasteiger partial charge in [0.15, 0.2) is 22.1 Å². The molecule has 2 atom stereocenters. The van der Waals surface area contributed by atoms with Crippen LogP contribution in [-0.4, -0.2) is 78.0 Å². The van der Waals surface area contributed by atoms with Crippen LogP contribution in [0.1, 0.15) is 5.82 Å². The Balaban J connectivity index is 0.00000387. The van der Waals surface area contributed by atoms with E-state index >= 15 is 0 Å². The molecule has 0 radical (unpaired) electrons. The van der Waals surface area contributed by atoms with E-state index in [1.807, 2.05) is 0 Å². The number of phenolic OH excluding ortho intramolecular Hbond substituents is 2. The van der Waals surface area contributed by atoms with Crippen molar-refractivity contribution in [1.82, 2.24) is 19.6 Å². The molecule has 2 aliphatic heterocycles. The Morgan fingerprint density at radius 1 is 1.29 bits per heavy atom. The maximum absolute atomic E-state index is 13.0. The van der Waals surface area contributed by atoms with Gasteiger partial charge in [-0.1, -0.05) is 5.16 Å². The second-order valence-electron chi connectivity index (χ2n) is 8.23. The fourth-order valence-electron chi connectivity index (χ4n) is 3.99. The molecule has 19 heteroatoms. The number of hydrogen-bond donors (Lipinski definition) is 4. The molecular weight excluding hydrogens is 628 g/mol. The molecule has 1 fully saturated rings. The molecule has 0 unspecified atom stereocenters. The van der Waals surface area contributed by atoms with Crippen LogP contribution in [0.4, 0.5) is 5.13 Å². The number of oxime groups is 1. The Bertz CT molecular complexity index is 1690. The van der Waals surface area contributed by atoms with Crippen molar-refractivity contribution in [2.75, 3.05) is 24.3 Å². The van der Waals surface area contributed by atoms with Crippen LogP contribution in [0, 0.1) is 0 Å². The van der Waals surface area contributed by atoms with Crippen molar-refractivity contribution < 1.29 is 64.1 Å². The third kappa shape index (κ3) is 6.04. The number of nitrogens with one attached hydrogen (secondary N) is 1. The van der Waals surface area contributed by atoms with Crippen molar-refractivity contribution in [2.45, 2.75) is 15.6 Å². The van der Waals surface area contributed by atoms with Crippen LogP contribution < -0.4 is 51.1 Å². The summed E-state index contributed by atoms with van der Waals surface area (Å²) in [5.41, 5.74) is 5.02. The number of anilines is 1. The molecule has 1 aromatic carbocycles. The van der Waals surface area contributed by atoms with Crippen LogP contribution in [0.15, 0.2) is 43.6 Å². The van der Waals surface area contributed by atoms with Crippen molar-refractivity contribution in [2.24, 2.45) is 5.16 Å². The molecule has 5 rings (SSSR count). The van der Waals surface area contributed by atoms with Crippen LogP contribution in [0.5, 0.6) is 11.5 Å². The summed E-state index contributed by atoms with van der Waals surface area (Å²) >= 11 is 4.47. The summed E-state index contributed by atoms with van der Waals surface area (Å²) in [6, 6.07) is 2.78. The Hall–Kier alpha value is -2.87. The Labute approximate surface area is 269 Å². The topological polar surface area (TPSA) is 220 Å². The van der Waals surface area contributed by atoms with Gasteiger partial charge in [-0.25, -0.2) is 0 Å². The molecule has 2 amide bonds. The second-order valence-corrected chi connectivity index (χ2v) is 12.5. The summed E-state index contributed by atoms with van der Waals surface area (Å²) in [4.78, 5) is 60.1. The summed E-state index contributed by atoms with van der Waals surface area (Å²) in [6.07, 6.45) is 0. The van der Waals surface area contributed by atoms with Crippen LogP contribution in [0.3, 0.4) is 0 Å². The molecule has 41 heavy (non-hydrogen) atoms. The van der Waals surface area contributed by atoms with E-state index in [1.54, 1.807) is 0 Å². The van der Waals surface area contributed by atoms with Gasteiger partial charge in [0.1, 0.15) is 18.5 Å². The first-order valence-corrected chi connectivity index (χ1v) is 14.7. The average molecular weight is 645 g/mol. The predicted octanol–water partition coefficient (Wildman–Crippen LogP) is -3.34. The molecule has 5 N–H and O–H groups in total. The zero-order valence-corrected chi connectivity index (χ0v) is 26.4. The molecule has 2 aliphatic rings. The van der Waals surface area contributed by atoms with Crippen molar-refractivity contribution in [1.29, 1.82) is 0 Å². The molecule has 0 aliphatic carbocycles. The third-order valence-electron chi connectivity index (χ3n) is 5.77. The van der Waals surface area contributed by atoms with Crippen LogP contribution in [0.25, 0.3) is 10.1 Å². The number of benzene rings is 1. The van der Waals surface area contributed by atoms with Crippen LogP contribution >= 0.6 is 46.4 Å². The molecule has 14 nitrogen and oxygen atoms in total. The number of carbonyl (C=O) groups is 3. The Morgan fingerprint density at radius 2 is 2.02 bits per heavy atom. The number of aliphatic carboxylic acids is 1. The van der Waals surface area contributed by atoms with Crippen molar-refractivity contribution in [3.63, 3.8) is 0 Å². The van der Waals surface area contributed by atoms with E-state index in [2.05, 4.69) is 19.8 Å². The number of aromatic hydroxyl groups is 2. The molecule has 4 heterocycles. The minimum Gasteiger partial charge on any atom is -0.543 e. The van der Waals surface area contributed by atoms with Gasteiger partial charge in [0.05, 0.1) is 15.9 Å². The first kappa shape index (κ1) is 31.1. The number of amides is 2. The van der Waals surface area contributed by atoms with Crippen molar-refractivity contribution >= 4 is 85.1 Å². The first-order valence-electron chi connectivity index (χ1n) is 11.1. The smallest absolute Gasteiger partial charge is 0.543 e. The Morgan fingerprint density at radius 3 is 2.68 bits per heavy atom. The number of fused-ring (bicyclic) bond motifs is 2. The number of rotatable bonds is 8. The number of hydrogen-bond acceptors (Lipinski definition) is 16. The largest absolute Gasteiger partial charge is 1.00 e. The summed E-state index contributed by atoms with van der Waals surface area (Å²) in [5, 5.41) is 37.3. The Kier molecular flexibility index (Phi) is 9.52. The van der Waals surface area contributed by atoms with Crippen LogP contribution in [-0.2, 0) is 19.2 Å². The number of nitrogens with zero attached hydrogens (tertiary/aromatic N) is 4. The van der Waals surface area contributed by atoms with Crippen molar-refractivity contribution in [3.8, 4) is 11.5 Å². The number of carboxylic acid groups (broad SMARTS) is 1. The van der Waals surface area contributed by atoms with E-state index in [0.29, 0.717) is 14.5 Å². The standard InChI is InChI=1S/C22H18N6O8S4.Na/c1-36-26-14(17-25-22(23)40-27-17)18(32)24-15-19(33)28-16(21(34)35)7(6-38-20(15)28)5-37-13-4-9(29)8-2-10(30)11(31)3-12(8)39-13;/h2-4,15,20,30-31H,5-6H2,1H3,(H,24,32)(H,34,35)(H2,23,25,27);/q;+1/p-1/b26-14-;/t15-,20+;/m1./s1. The molecule has 1 saturated heterocycles. The predicted molar refractivity (Wildman–Crippen MR) is 147 cm³/mol. The minimum atomic E-state index is -1.55. The van der Waals surface area contributed by atoms with Gasteiger partial charge in [0.2, 0.25) is 11.5 Å². The number of carboxylic acids is 1. The van der Waals surface area contributed by atoms with Gasteiger partial charge in [-0.3, -0.25) is 19.3 Å². The quantitative estimate of drug-likeness (QED) is 0.0471. The van der Waals surface area contributed by atoms with E-state index < -0.39 is 34.9 Å².